The number of aromatic nitrogens is 6. The summed E-state index contributed by atoms with van der Waals surface area (Å²) in [5.74, 6) is 1.41. The molecule has 2 aliphatic carbocycles. The highest BCUT2D eigenvalue weighted by molar-refractivity contribution is 5.97. The predicted octanol–water partition coefficient (Wildman–Crippen LogP) is 3.44. The summed E-state index contributed by atoms with van der Waals surface area (Å²) >= 11 is 0. The van der Waals surface area contributed by atoms with Crippen LogP contribution in [0, 0.1) is 18.8 Å². The van der Waals surface area contributed by atoms with Gasteiger partial charge in [0.2, 0.25) is 0 Å². The van der Waals surface area contributed by atoms with Gasteiger partial charge in [0, 0.05) is 31.0 Å². The van der Waals surface area contributed by atoms with E-state index in [1.807, 2.05) is 47.6 Å². The van der Waals surface area contributed by atoms with Gasteiger partial charge >= 0.3 is 0 Å². The first-order valence-electron chi connectivity index (χ1n) is 10.9. The van der Waals surface area contributed by atoms with Crippen LogP contribution >= 0.6 is 0 Å². The van der Waals surface area contributed by atoms with Gasteiger partial charge in [-0.15, -0.1) is 0 Å². The molecule has 0 radical (unpaired) electrons. The summed E-state index contributed by atoms with van der Waals surface area (Å²) in [5.41, 5.74) is 11.2. The number of nitrogens with one attached hydrogen (secondary N) is 1. The monoisotopic (exact) mass is 415 g/mol. The van der Waals surface area contributed by atoms with Gasteiger partial charge < -0.3 is 10.3 Å². The standard InChI is InChI=1S/C23H25N7O/c1-12-4-3-9-25-19(12)17-10-16(28-29(17)2)15-11-30(21(13-5-6-13)14-7-8-14)23(31)18-20(15)26-27-22(18)24/h3-4,9-11,13-14,21H,5-8H2,1-2H3,(H3,24,26,27). The minimum absolute atomic E-state index is 0.0504. The summed E-state index contributed by atoms with van der Waals surface area (Å²) in [5, 5.41) is 12.4. The second-order valence-electron chi connectivity index (χ2n) is 8.99. The fourth-order valence-corrected chi connectivity index (χ4v) is 4.86. The van der Waals surface area contributed by atoms with E-state index in [4.69, 9.17) is 10.8 Å². The van der Waals surface area contributed by atoms with Gasteiger partial charge in [0.15, 0.2) is 5.82 Å². The third-order valence-corrected chi connectivity index (χ3v) is 6.72. The van der Waals surface area contributed by atoms with E-state index in [-0.39, 0.29) is 17.4 Å². The molecule has 0 unspecified atom stereocenters. The Morgan fingerprint density at radius 3 is 2.65 bits per heavy atom. The maximum atomic E-state index is 13.4. The predicted molar refractivity (Wildman–Crippen MR) is 119 cm³/mol. The van der Waals surface area contributed by atoms with Gasteiger partial charge in [0.05, 0.1) is 22.6 Å². The number of nitrogens with zero attached hydrogens (tertiary/aromatic N) is 5. The molecule has 0 saturated heterocycles. The molecule has 8 heteroatoms. The Bertz CT molecular complexity index is 1360. The normalized spacial score (nSPS) is 16.5. The number of H-pyrrole nitrogens is 1. The molecule has 8 nitrogen and oxygen atoms in total. The van der Waals surface area contributed by atoms with Crippen molar-refractivity contribution in [2.24, 2.45) is 18.9 Å². The van der Waals surface area contributed by atoms with Crippen LogP contribution in [-0.2, 0) is 7.05 Å². The number of hydrogen-bond acceptors (Lipinski definition) is 5. The molecular weight excluding hydrogens is 390 g/mol. The maximum Gasteiger partial charge on any atom is 0.264 e. The van der Waals surface area contributed by atoms with E-state index < -0.39 is 0 Å². The molecule has 2 fully saturated rings. The molecule has 4 aromatic heterocycles. The van der Waals surface area contributed by atoms with E-state index in [1.54, 1.807) is 6.20 Å². The molecule has 0 atom stereocenters. The summed E-state index contributed by atoms with van der Waals surface area (Å²) in [6, 6.07) is 6.24. The van der Waals surface area contributed by atoms with Crippen molar-refractivity contribution in [2.45, 2.75) is 38.6 Å². The lowest BCUT2D eigenvalue weighted by atomic mass is 10.0. The Morgan fingerprint density at radius 1 is 1.23 bits per heavy atom. The van der Waals surface area contributed by atoms with Gasteiger partial charge in [-0.1, -0.05) is 6.07 Å². The summed E-state index contributed by atoms with van der Waals surface area (Å²) in [4.78, 5) is 18.0. The minimum Gasteiger partial charge on any atom is -0.382 e. The number of aromatic amines is 1. The zero-order valence-electron chi connectivity index (χ0n) is 17.7. The minimum atomic E-state index is -0.0504. The second kappa shape index (κ2) is 6.54. The van der Waals surface area contributed by atoms with Crippen LogP contribution in [0.3, 0.4) is 0 Å². The van der Waals surface area contributed by atoms with Crippen LogP contribution in [-0.4, -0.2) is 29.5 Å². The van der Waals surface area contributed by atoms with Crippen molar-refractivity contribution in [2.75, 3.05) is 5.73 Å². The number of pyridine rings is 2. The van der Waals surface area contributed by atoms with Crippen LogP contribution in [0.1, 0.15) is 37.3 Å². The lowest BCUT2D eigenvalue weighted by Gasteiger charge is -2.20. The molecular formula is C23H25N7O. The number of nitrogens with two attached hydrogens (primary N) is 1. The molecule has 0 aliphatic heterocycles. The molecule has 0 aromatic carbocycles. The first-order valence-corrected chi connectivity index (χ1v) is 10.9. The van der Waals surface area contributed by atoms with Crippen LogP contribution in [0.2, 0.25) is 0 Å². The molecule has 31 heavy (non-hydrogen) atoms. The van der Waals surface area contributed by atoms with Gasteiger partial charge in [-0.25, -0.2) is 0 Å². The SMILES string of the molecule is Cc1cccnc1-c1cc(-c2cn(C(C3CC3)C3CC3)c(=O)c3c(N)n[nH]c23)nn1C. The van der Waals surface area contributed by atoms with E-state index in [0.717, 1.165) is 28.2 Å². The molecule has 4 aromatic rings. The van der Waals surface area contributed by atoms with Gasteiger partial charge in [-0.05, 0) is 62.1 Å². The van der Waals surface area contributed by atoms with Crippen LogP contribution in [0.5, 0.6) is 0 Å². The maximum absolute atomic E-state index is 13.4. The van der Waals surface area contributed by atoms with Crippen molar-refractivity contribution < 1.29 is 0 Å². The largest absolute Gasteiger partial charge is 0.382 e. The molecule has 2 aliphatic rings. The number of rotatable bonds is 5. The van der Waals surface area contributed by atoms with Gasteiger partial charge in [-0.3, -0.25) is 19.6 Å². The van der Waals surface area contributed by atoms with Crippen molar-refractivity contribution in [3.63, 3.8) is 0 Å². The topological polar surface area (TPSA) is 107 Å². The van der Waals surface area contributed by atoms with Crippen molar-refractivity contribution in [3.8, 4) is 22.6 Å². The number of anilines is 1. The number of hydrogen-bond donors (Lipinski definition) is 2. The second-order valence-corrected chi connectivity index (χ2v) is 8.99. The summed E-state index contributed by atoms with van der Waals surface area (Å²) in [6.07, 6.45) is 8.52. The van der Waals surface area contributed by atoms with E-state index in [9.17, 15) is 4.79 Å². The molecule has 4 heterocycles. The third kappa shape index (κ3) is 2.89. The molecule has 158 valence electrons. The van der Waals surface area contributed by atoms with E-state index in [2.05, 4.69) is 15.2 Å². The lowest BCUT2D eigenvalue weighted by Crippen LogP contribution is -2.27. The highest BCUT2D eigenvalue weighted by atomic mass is 16.1. The Kier molecular flexibility index (Phi) is 3.87. The average Bonchev–Trinajstić information content (AvgIpc) is 3.68. The van der Waals surface area contributed by atoms with Crippen LogP contribution in [0.25, 0.3) is 33.5 Å². The van der Waals surface area contributed by atoms with Crippen molar-refractivity contribution in [1.29, 1.82) is 0 Å². The third-order valence-electron chi connectivity index (χ3n) is 6.72. The number of fused-ring (bicyclic) bond motifs is 1. The Labute approximate surface area is 179 Å². The van der Waals surface area contributed by atoms with Gasteiger partial charge in [-0.2, -0.15) is 10.2 Å². The molecule has 2 saturated carbocycles. The molecule has 0 bridgehead atoms. The molecule has 0 spiro atoms. The fourth-order valence-electron chi connectivity index (χ4n) is 4.86. The van der Waals surface area contributed by atoms with Crippen LogP contribution in [0.4, 0.5) is 5.82 Å². The first kappa shape index (κ1) is 18.4. The zero-order chi connectivity index (χ0) is 21.3. The van der Waals surface area contributed by atoms with E-state index in [1.165, 1.54) is 25.7 Å². The molecule has 0 amide bonds. The number of nitrogen functional groups attached to an aromatic ring is 1. The smallest absolute Gasteiger partial charge is 0.264 e. The van der Waals surface area contributed by atoms with Crippen molar-refractivity contribution >= 4 is 16.7 Å². The van der Waals surface area contributed by atoms with Crippen molar-refractivity contribution in [1.82, 2.24) is 29.5 Å². The quantitative estimate of drug-likeness (QED) is 0.519. The summed E-state index contributed by atoms with van der Waals surface area (Å²) < 4.78 is 3.77. The van der Waals surface area contributed by atoms with E-state index in [0.29, 0.717) is 22.7 Å². The van der Waals surface area contributed by atoms with Crippen molar-refractivity contribution in [3.05, 3.63) is 46.5 Å². The van der Waals surface area contributed by atoms with Gasteiger partial charge in [0.25, 0.3) is 5.56 Å². The zero-order valence-corrected chi connectivity index (χ0v) is 17.7. The summed E-state index contributed by atoms with van der Waals surface area (Å²) in [7, 11) is 1.92. The molecule has 3 N–H and O–H groups in total. The fraction of sp³-hybridized carbons (Fsp3) is 0.391. The summed E-state index contributed by atoms with van der Waals surface area (Å²) in [6.45, 7) is 2.04. The highest BCUT2D eigenvalue weighted by Gasteiger charge is 2.43. The van der Waals surface area contributed by atoms with Crippen LogP contribution < -0.4 is 11.3 Å². The number of aryl methyl sites for hydroxylation is 2. The Balaban J connectivity index is 1.57. The van der Waals surface area contributed by atoms with Gasteiger partial charge in [0.1, 0.15) is 5.39 Å². The van der Waals surface area contributed by atoms with E-state index >= 15 is 0 Å². The first-order chi connectivity index (χ1) is 15.0. The Morgan fingerprint density at radius 2 is 1.97 bits per heavy atom. The highest BCUT2D eigenvalue weighted by Crippen LogP contribution is 2.52. The molecule has 6 rings (SSSR count). The average molecular weight is 416 g/mol. The lowest BCUT2D eigenvalue weighted by molar-refractivity contribution is 0.386. The Hall–Kier alpha value is -3.42. The van der Waals surface area contributed by atoms with Crippen LogP contribution in [0.15, 0.2) is 35.4 Å².